The summed E-state index contributed by atoms with van der Waals surface area (Å²) >= 11 is 0. The molecule has 5 atom stereocenters. The van der Waals surface area contributed by atoms with E-state index in [1.54, 1.807) is 38.1 Å². The monoisotopic (exact) mass is 491 g/mol. The van der Waals surface area contributed by atoms with E-state index in [4.69, 9.17) is 11.5 Å². The van der Waals surface area contributed by atoms with Crippen molar-refractivity contribution in [2.75, 3.05) is 0 Å². The zero-order valence-corrected chi connectivity index (χ0v) is 20.6. The van der Waals surface area contributed by atoms with Gasteiger partial charge in [-0.3, -0.25) is 19.2 Å². The summed E-state index contributed by atoms with van der Waals surface area (Å²) in [7, 11) is 0. The van der Waals surface area contributed by atoms with Crippen molar-refractivity contribution >= 4 is 29.6 Å². The summed E-state index contributed by atoms with van der Waals surface area (Å²) in [6.45, 7) is 7.07. The third-order valence-electron chi connectivity index (χ3n) is 5.74. The van der Waals surface area contributed by atoms with E-state index in [9.17, 15) is 29.1 Å². The fourth-order valence-corrected chi connectivity index (χ4v) is 3.29. The Morgan fingerprint density at radius 1 is 0.886 bits per heavy atom. The lowest BCUT2D eigenvalue weighted by molar-refractivity contribution is -0.144. The maximum Gasteiger partial charge on any atom is 0.326 e. The summed E-state index contributed by atoms with van der Waals surface area (Å²) in [5.74, 6) is -4.78. The molecule has 11 heteroatoms. The number of carbonyl (C=O) groups excluding carboxylic acids is 4. The first-order valence-corrected chi connectivity index (χ1v) is 11.6. The molecule has 0 bridgehead atoms. The van der Waals surface area contributed by atoms with Gasteiger partial charge in [0.05, 0.1) is 12.5 Å². The summed E-state index contributed by atoms with van der Waals surface area (Å²) in [6.07, 6.45) is 0.229. The van der Waals surface area contributed by atoms with Gasteiger partial charge in [0.1, 0.15) is 18.1 Å². The van der Waals surface area contributed by atoms with Crippen molar-refractivity contribution in [3.8, 4) is 0 Å². The molecule has 0 heterocycles. The van der Waals surface area contributed by atoms with Crippen molar-refractivity contribution in [2.24, 2.45) is 23.3 Å². The van der Waals surface area contributed by atoms with Gasteiger partial charge in [0.15, 0.2) is 0 Å². The number of primary amides is 1. The van der Waals surface area contributed by atoms with E-state index in [0.717, 1.165) is 5.56 Å². The Kier molecular flexibility index (Phi) is 11.9. The number of hydrogen-bond acceptors (Lipinski definition) is 6. The van der Waals surface area contributed by atoms with E-state index in [1.807, 2.05) is 19.9 Å². The number of carboxylic acid groups (broad SMARTS) is 1. The molecule has 1 aromatic carbocycles. The highest BCUT2D eigenvalue weighted by molar-refractivity contribution is 5.95. The molecule has 0 radical (unpaired) electrons. The van der Waals surface area contributed by atoms with E-state index >= 15 is 0 Å². The number of benzene rings is 1. The molecule has 0 spiro atoms. The molecule has 8 N–H and O–H groups in total. The number of nitrogens with two attached hydrogens (primary N) is 2. The average Bonchev–Trinajstić information content (AvgIpc) is 2.80. The Morgan fingerprint density at radius 3 is 1.94 bits per heavy atom. The Bertz CT molecular complexity index is 892. The van der Waals surface area contributed by atoms with Crippen LogP contribution in [0.25, 0.3) is 0 Å². The molecule has 35 heavy (non-hydrogen) atoms. The third-order valence-corrected chi connectivity index (χ3v) is 5.74. The summed E-state index contributed by atoms with van der Waals surface area (Å²) in [6, 6.07) is 4.50. The largest absolute Gasteiger partial charge is 0.480 e. The van der Waals surface area contributed by atoms with Crippen LogP contribution in [-0.4, -0.2) is 58.9 Å². The maximum absolute atomic E-state index is 13.2. The lowest BCUT2D eigenvalue weighted by atomic mass is 9.97. The first-order chi connectivity index (χ1) is 16.4. The van der Waals surface area contributed by atoms with Crippen molar-refractivity contribution in [3.63, 3.8) is 0 Å². The Balaban J connectivity index is 3.09. The van der Waals surface area contributed by atoms with Gasteiger partial charge < -0.3 is 32.5 Å². The van der Waals surface area contributed by atoms with Crippen LogP contribution in [0.15, 0.2) is 30.3 Å². The normalized spacial score (nSPS) is 15.3. The summed E-state index contributed by atoms with van der Waals surface area (Å²) in [5.41, 5.74) is 11.9. The Hall–Kier alpha value is -3.47. The highest BCUT2D eigenvalue weighted by atomic mass is 16.4. The first-order valence-electron chi connectivity index (χ1n) is 11.6. The molecular weight excluding hydrogens is 454 g/mol. The van der Waals surface area contributed by atoms with Crippen LogP contribution in [0.3, 0.4) is 0 Å². The van der Waals surface area contributed by atoms with Crippen LogP contribution in [0, 0.1) is 11.8 Å². The van der Waals surface area contributed by atoms with Gasteiger partial charge in [-0.2, -0.15) is 0 Å². The number of nitrogens with one attached hydrogen (secondary N) is 3. The average molecular weight is 492 g/mol. The molecule has 0 aliphatic heterocycles. The van der Waals surface area contributed by atoms with Gasteiger partial charge >= 0.3 is 5.97 Å². The summed E-state index contributed by atoms with van der Waals surface area (Å²) in [5, 5.41) is 16.8. The molecule has 11 nitrogen and oxygen atoms in total. The van der Waals surface area contributed by atoms with E-state index < -0.39 is 66.1 Å². The molecule has 0 aliphatic rings. The van der Waals surface area contributed by atoms with Gasteiger partial charge in [0.2, 0.25) is 23.6 Å². The van der Waals surface area contributed by atoms with Crippen molar-refractivity contribution in [1.82, 2.24) is 16.0 Å². The van der Waals surface area contributed by atoms with E-state index in [-0.39, 0.29) is 12.3 Å². The van der Waals surface area contributed by atoms with Crippen molar-refractivity contribution in [3.05, 3.63) is 35.9 Å². The van der Waals surface area contributed by atoms with E-state index in [0.29, 0.717) is 6.42 Å². The van der Waals surface area contributed by atoms with Gasteiger partial charge in [-0.15, -0.1) is 0 Å². The third kappa shape index (κ3) is 9.73. The van der Waals surface area contributed by atoms with Crippen LogP contribution in [-0.2, 0) is 30.4 Å². The molecule has 1 aromatic rings. The van der Waals surface area contributed by atoms with E-state index in [2.05, 4.69) is 16.0 Å². The Morgan fingerprint density at radius 2 is 1.46 bits per heavy atom. The lowest BCUT2D eigenvalue weighted by Gasteiger charge is -2.27. The standard InChI is InChI=1S/C24H37N5O6/c1-5-14(4)19(26)22(32)27-16(11-15-9-7-6-8-10-15)21(31)29-20(13(2)3)23(33)28-17(24(34)35)12-18(25)30/h6-10,13-14,16-17,19-20H,5,11-12,26H2,1-4H3,(H2,25,30)(H,27,32)(H,28,33)(H,29,31)(H,34,35). The molecule has 0 aromatic heterocycles. The van der Waals surface area contributed by atoms with Crippen molar-refractivity contribution in [2.45, 2.75) is 71.1 Å². The smallest absolute Gasteiger partial charge is 0.326 e. The molecule has 0 fully saturated rings. The molecular formula is C24H37N5O6. The minimum absolute atomic E-state index is 0.108. The van der Waals surface area contributed by atoms with Gasteiger partial charge in [-0.1, -0.05) is 64.4 Å². The van der Waals surface area contributed by atoms with Crippen LogP contribution < -0.4 is 27.4 Å². The van der Waals surface area contributed by atoms with Gasteiger partial charge in [-0.05, 0) is 17.4 Å². The second-order valence-corrected chi connectivity index (χ2v) is 8.96. The van der Waals surface area contributed by atoms with E-state index in [1.165, 1.54) is 0 Å². The Labute approximate surface area is 205 Å². The number of carbonyl (C=O) groups is 5. The SMILES string of the molecule is CCC(C)C(N)C(=O)NC(Cc1ccccc1)C(=O)NC(C(=O)NC(CC(N)=O)C(=O)O)C(C)C. The molecule has 0 aliphatic carbocycles. The van der Waals surface area contributed by atoms with Crippen LogP contribution in [0.1, 0.15) is 46.1 Å². The topological polar surface area (TPSA) is 194 Å². The zero-order chi connectivity index (χ0) is 26.7. The van der Waals surface area contributed by atoms with Crippen LogP contribution >= 0.6 is 0 Å². The summed E-state index contributed by atoms with van der Waals surface area (Å²) < 4.78 is 0. The maximum atomic E-state index is 13.2. The minimum atomic E-state index is -1.54. The predicted molar refractivity (Wildman–Crippen MR) is 130 cm³/mol. The highest BCUT2D eigenvalue weighted by Crippen LogP contribution is 2.10. The fraction of sp³-hybridized carbons (Fsp3) is 0.542. The minimum Gasteiger partial charge on any atom is -0.480 e. The van der Waals surface area contributed by atoms with Crippen LogP contribution in [0.2, 0.25) is 0 Å². The number of amides is 4. The molecule has 1 rings (SSSR count). The second kappa shape index (κ2) is 14.1. The highest BCUT2D eigenvalue weighted by Gasteiger charge is 2.33. The number of aliphatic carboxylic acids is 1. The van der Waals surface area contributed by atoms with Gasteiger partial charge in [0.25, 0.3) is 0 Å². The zero-order valence-electron chi connectivity index (χ0n) is 20.6. The van der Waals surface area contributed by atoms with Crippen molar-refractivity contribution < 1.29 is 29.1 Å². The predicted octanol–water partition coefficient (Wildman–Crippen LogP) is -0.327. The molecule has 4 amide bonds. The van der Waals surface area contributed by atoms with Crippen molar-refractivity contribution in [1.29, 1.82) is 0 Å². The fourth-order valence-electron chi connectivity index (χ4n) is 3.29. The van der Waals surface area contributed by atoms with Crippen LogP contribution in [0.4, 0.5) is 0 Å². The van der Waals surface area contributed by atoms with Crippen LogP contribution in [0.5, 0.6) is 0 Å². The molecule has 5 unspecified atom stereocenters. The quantitative estimate of drug-likeness (QED) is 0.205. The number of carboxylic acids is 1. The number of hydrogen-bond donors (Lipinski definition) is 6. The van der Waals surface area contributed by atoms with Gasteiger partial charge in [-0.25, -0.2) is 4.79 Å². The summed E-state index contributed by atoms with van der Waals surface area (Å²) in [4.78, 5) is 61.3. The second-order valence-electron chi connectivity index (χ2n) is 8.96. The van der Waals surface area contributed by atoms with Gasteiger partial charge in [0, 0.05) is 6.42 Å². The molecule has 0 saturated carbocycles. The lowest BCUT2D eigenvalue weighted by Crippen LogP contribution is -2.59. The first kappa shape index (κ1) is 29.6. The number of rotatable bonds is 14. The molecule has 0 saturated heterocycles. The molecule has 194 valence electrons.